The fourth-order valence-electron chi connectivity index (χ4n) is 4.45. The zero-order valence-electron chi connectivity index (χ0n) is 18.8. The number of carbonyl (C=O) groups excluding carboxylic acids is 1. The molecule has 1 unspecified atom stereocenters. The number of hydrogen-bond donors (Lipinski definition) is 4. The van der Waals surface area contributed by atoms with E-state index in [9.17, 15) is 9.59 Å². The number of amides is 1. The van der Waals surface area contributed by atoms with Gasteiger partial charge in [-0.3, -0.25) is 14.3 Å². The van der Waals surface area contributed by atoms with Crippen molar-refractivity contribution < 1.29 is 14.7 Å². The summed E-state index contributed by atoms with van der Waals surface area (Å²) in [5, 5.41) is 22.7. The number of H-pyrrole nitrogens is 1. The maximum absolute atomic E-state index is 13.1. The standard InChI is InChI=1S/C24H24N8O3/c33-21(25-16-9-7-15(8-10-16)22(34)35)18-3-1-11-31(18)24-27-20-4-2-12-32(20)23(28-24)26-19-13-17(29-30-19)14-5-6-14/h2,4,7-10,12-14,18H,1,3,5-6,11H2,(H,25,33)(H,34,35)(H2,26,27,28,29,30). The van der Waals surface area contributed by atoms with Gasteiger partial charge in [-0.15, -0.1) is 0 Å². The van der Waals surface area contributed by atoms with E-state index < -0.39 is 12.0 Å². The minimum atomic E-state index is -1.01. The van der Waals surface area contributed by atoms with Crippen molar-refractivity contribution in [2.75, 3.05) is 22.1 Å². The molecule has 3 aromatic heterocycles. The molecule has 1 aliphatic heterocycles. The zero-order valence-corrected chi connectivity index (χ0v) is 18.8. The summed E-state index contributed by atoms with van der Waals surface area (Å²) in [5.41, 5.74) is 2.55. The van der Waals surface area contributed by atoms with Gasteiger partial charge in [0.15, 0.2) is 5.82 Å². The second-order valence-electron chi connectivity index (χ2n) is 8.91. The molecule has 0 bridgehead atoms. The van der Waals surface area contributed by atoms with Gasteiger partial charge < -0.3 is 20.6 Å². The summed E-state index contributed by atoms with van der Waals surface area (Å²) in [6.07, 6.45) is 5.75. The van der Waals surface area contributed by atoms with E-state index in [-0.39, 0.29) is 11.5 Å². The number of hydrogen-bond acceptors (Lipinski definition) is 7. The average Bonchev–Trinajstić information content (AvgIpc) is 3.24. The van der Waals surface area contributed by atoms with Crippen molar-refractivity contribution in [3.63, 3.8) is 0 Å². The molecule has 178 valence electrons. The summed E-state index contributed by atoms with van der Waals surface area (Å²) in [6, 6.07) is 11.5. The topological polar surface area (TPSA) is 141 Å². The van der Waals surface area contributed by atoms with E-state index in [1.165, 1.54) is 25.0 Å². The number of carbonyl (C=O) groups is 2. The van der Waals surface area contributed by atoms with Crippen LogP contribution in [0.15, 0.2) is 48.7 Å². The molecule has 0 radical (unpaired) electrons. The van der Waals surface area contributed by atoms with Gasteiger partial charge in [0, 0.05) is 36.1 Å². The van der Waals surface area contributed by atoms with Crippen molar-refractivity contribution in [3.05, 3.63) is 59.9 Å². The first-order valence-corrected chi connectivity index (χ1v) is 11.6. The highest BCUT2D eigenvalue weighted by Crippen LogP contribution is 2.39. The molecule has 1 saturated carbocycles. The van der Waals surface area contributed by atoms with Gasteiger partial charge in [0.25, 0.3) is 0 Å². The summed E-state index contributed by atoms with van der Waals surface area (Å²) in [4.78, 5) is 35.6. The molecule has 4 heterocycles. The molecule has 0 spiro atoms. The first-order valence-electron chi connectivity index (χ1n) is 11.6. The van der Waals surface area contributed by atoms with Gasteiger partial charge in [0.05, 0.1) is 5.56 Å². The maximum Gasteiger partial charge on any atom is 0.335 e. The Morgan fingerprint density at radius 2 is 1.91 bits per heavy atom. The predicted octanol–water partition coefficient (Wildman–Crippen LogP) is 3.38. The Morgan fingerprint density at radius 1 is 1.09 bits per heavy atom. The zero-order chi connectivity index (χ0) is 23.9. The number of aromatic carboxylic acids is 1. The molecule has 1 amide bonds. The SMILES string of the molecule is O=C(O)c1ccc(NC(=O)C2CCCN2c2nc(Nc3cc(C4CC4)[nH]n3)n3cccc3n2)cc1. The number of nitrogens with one attached hydrogen (secondary N) is 3. The van der Waals surface area contributed by atoms with E-state index in [4.69, 9.17) is 15.1 Å². The highest BCUT2D eigenvalue weighted by atomic mass is 16.4. The van der Waals surface area contributed by atoms with Gasteiger partial charge in [-0.05, 0) is 62.1 Å². The molecular formula is C24H24N8O3. The lowest BCUT2D eigenvalue weighted by molar-refractivity contribution is -0.117. The predicted molar refractivity (Wildman–Crippen MR) is 129 cm³/mol. The first-order chi connectivity index (χ1) is 17.0. The lowest BCUT2D eigenvalue weighted by Gasteiger charge is -2.24. The second-order valence-corrected chi connectivity index (χ2v) is 8.91. The third-order valence-electron chi connectivity index (χ3n) is 6.44. The van der Waals surface area contributed by atoms with Gasteiger partial charge in [-0.25, -0.2) is 4.79 Å². The van der Waals surface area contributed by atoms with Crippen molar-refractivity contribution in [3.8, 4) is 0 Å². The molecule has 2 aliphatic rings. The Morgan fingerprint density at radius 3 is 2.69 bits per heavy atom. The molecule has 4 N–H and O–H groups in total. The van der Waals surface area contributed by atoms with Crippen LogP contribution in [0.5, 0.6) is 0 Å². The molecule has 4 aromatic rings. The van der Waals surface area contributed by atoms with Crippen molar-refractivity contribution in [1.82, 2.24) is 24.6 Å². The Labute approximate surface area is 200 Å². The molecule has 11 heteroatoms. The number of carboxylic acid groups (broad SMARTS) is 1. The minimum absolute atomic E-state index is 0.167. The fourth-order valence-corrected chi connectivity index (χ4v) is 4.45. The number of rotatable bonds is 7. The number of nitrogens with zero attached hydrogens (tertiary/aromatic N) is 5. The lowest BCUT2D eigenvalue weighted by atomic mass is 10.2. The second kappa shape index (κ2) is 8.42. The smallest absolute Gasteiger partial charge is 0.335 e. The van der Waals surface area contributed by atoms with Crippen LogP contribution in [-0.2, 0) is 4.79 Å². The maximum atomic E-state index is 13.1. The van der Waals surface area contributed by atoms with E-state index in [2.05, 4.69) is 20.8 Å². The summed E-state index contributed by atoms with van der Waals surface area (Å²) >= 11 is 0. The number of aromatic amines is 1. The van der Waals surface area contributed by atoms with Crippen LogP contribution in [0.25, 0.3) is 5.65 Å². The molecule has 2 fully saturated rings. The Bertz CT molecular complexity index is 1410. The lowest BCUT2D eigenvalue weighted by Crippen LogP contribution is -2.40. The third kappa shape index (κ3) is 4.16. The molecule has 11 nitrogen and oxygen atoms in total. The minimum Gasteiger partial charge on any atom is -0.478 e. The van der Waals surface area contributed by atoms with Crippen LogP contribution in [0.1, 0.15) is 47.7 Å². The van der Waals surface area contributed by atoms with E-state index in [1.54, 1.807) is 12.1 Å². The summed E-state index contributed by atoms with van der Waals surface area (Å²) in [7, 11) is 0. The molecule has 35 heavy (non-hydrogen) atoms. The number of aromatic nitrogens is 5. The highest BCUT2D eigenvalue weighted by Gasteiger charge is 2.33. The summed E-state index contributed by atoms with van der Waals surface area (Å²) in [6.45, 7) is 0.653. The van der Waals surface area contributed by atoms with Crippen molar-refractivity contribution in [2.45, 2.75) is 37.6 Å². The largest absolute Gasteiger partial charge is 0.478 e. The molecule has 1 aliphatic carbocycles. The molecule has 6 rings (SSSR count). The van der Waals surface area contributed by atoms with Gasteiger partial charge >= 0.3 is 5.97 Å². The van der Waals surface area contributed by atoms with Gasteiger partial charge in [0.1, 0.15) is 11.7 Å². The summed E-state index contributed by atoms with van der Waals surface area (Å²) in [5.74, 6) is 1.10. The Balaban J connectivity index is 1.24. The van der Waals surface area contributed by atoms with Crippen LogP contribution in [0.2, 0.25) is 0 Å². The Kier molecular flexibility index (Phi) is 5.09. The first kappa shape index (κ1) is 21.1. The number of carboxylic acids is 1. The number of fused-ring (bicyclic) bond motifs is 1. The van der Waals surface area contributed by atoms with Crippen molar-refractivity contribution >= 4 is 40.9 Å². The number of anilines is 4. The van der Waals surface area contributed by atoms with E-state index >= 15 is 0 Å². The molecule has 1 aromatic carbocycles. The third-order valence-corrected chi connectivity index (χ3v) is 6.44. The van der Waals surface area contributed by atoms with Crippen LogP contribution >= 0.6 is 0 Å². The van der Waals surface area contributed by atoms with E-state index in [0.717, 1.165) is 12.1 Å². The van der Waals surface area contributed by atoms with E-state index in [1.807, 2.05) is 33.7 Å². The number of benzene rings is 1. The van der Waals surface area contributed by atoms with Crippen LogP contribution in [0.3, 0.4) is 0 Å². The highest BCUT2D eigenvalue weighted by molar-refractivity contribution is 5.97. The van der Waals surface area contributed by atoms with Crippen LogP contribution in [0.4, 0.5) is 23.4 Å². The molecular weight excluding hydrogens is 448 g/mol. The normalized spacial score (nSPS) is 17.6. The van der Waals surface area contributed by atoms with E-state index in [0.29, 0.717) is 47.9 Å². The van der Waals surface area contributed by atoms with Crippen molar-refractivity contribution in [1.29, 1.82) is 0 Å². The Hall–Kier alpha value is -4.41. The van der Waals surface area contributed by atoms with Crippen molar-refractivity contribution in [2.24, 2.45) is 0 Å². The van der Waals surface area contributed by atoms with Gasteiger partial charge in [-0.1, -0.05) is 0 Å². The quantitative estimate of drug-likeness (QED) is 0.321. The van der Waals surface area contributed by atoms with Crippen LogP contribution in [-0.4, -0.2) is 54.1 Å². The van der Waals surface area contributed by atoms with Gasteiger partial charge in [0.2, 0.25) is 17.8 Å². The average molecular weight is 473 g/mol. The molecule has 1 saturated heterocycles. The van der Waals surface area contributed by atoms with Crippen LogP contribution < -0.4 is 15.5 Å². The van der Waals surface area contributed by atoms with Gasteiger partial charge in [-0.2, -0.15) is 15.1 Å². The molecule has 1 atom stereocenters. The van der Waals surface area contributed by atoms with Crippen LogP contribution in [0, 0.1) is 0 Å². The summed E-state index contributed by atoms with van der Waals surface area (Å²) < 4.78 is 1.85. The fraction of sp³-hybridized carbons (Fsp3) is 0.292. The monoisotopic (exact) mass is 472 g/mol.